The van der Waals surface area contributed by atoms with Crippen molar-refractivity contribution >= 4 is 22.9 Å². The first-order valence-corrected chi connectivity index (χ1v) is 3.35. The molecule has 0 spiro atoms. The van der Waals surface area contributed by atoms with Crippen LogP contribution in [0.5, 0.6) is 0 Å². The molecule has 50 valence electrons. The van der Waals surface area contributed by atoms with E-state index in [1.54, 1.807) is 0 Å². The Morgan fingerprint density at radius 2 is 2.67 bits per heavy atom. The summed E-state index contributed by atoms with van der Waals surface area (Å²) in [6.07, 6.45) is 0. The van der Waals surface area contributed by atoms with Crippen LogP contribution < -0.4 is 10.8 Å². The van der Waals surface area contributed by atoms with Crippen molar-refractivity contribution < 1.29 is 9.90 Å². The van der Waals surface area contributed by atoms with Gasteiger partial charge >= 0.3 is 0 Å². The predicted octanol–water partition coefficient (Wildman–Crippen LogP) is -1.83. The third-order valence-corrected chi connectivity index (χ3v) is 1.83. The molecule has 0 fully saturated rings. The molecule has 1 rings (SSSR count). The van der Waals surface area contributed by atoms with Gasteiger partial charge in [-0.05, 0) is 0 Å². The van der Waals surface area contributed by atoms with Crippen LogP contribution in [0, 0.1) is 0 Å². The maximum Gasteiger partial charge on any atom is 0.154 e. The summed E-state index contributed by atoms with van der Waals surface area (Å²) >= 11 is 1.24. The second-order valence-electron chi connectivity index (χ2n) is 1.61. The van der Waals surface area contributed by atoms with Gasteiger partial charge in [0, 0.05) is 5.75 Å². The lowest BCUT2D eigenvalue weighted by atomic mass is 10.4. The molecular weight excluding hydrogens is 140 g/mol. The molecule has 2 N–H and O–H groups in total. The van der Waals surface area contributed by atoms with Crippen LogP contribution in [0.1, 0.15) is 0 Å². The largest absolute Gasteiger partial charge is 0.548 e. The van der Waals surface area contributed by atoms with Crippen LogP contribution in [0.25, 0.3) is 0 Å². The smallest absolute Gasteiger partial charge is 0.154 e. The lowest BCUT2D eigenvalue weighted by Crippen LogP contribution is -2.34. The maximum absolute atomic E-state index is 10.1. The lowest BCUT2D eigenvalue weighted by Gasteiger charge is -2.03. The standard InChI is InChI=1S/C4H6N2O2S/c5-4-6-2(1-9-4)3(7)8/h2H,1H2,(H2,5,6)(H,7,8)/p-1. The number of thioether (sulfide) groups is 1. The van der Waals surface area contributed by atoms with Crippen molar-refractivity contribution in [1.29, 1.82) is 0 Å². The summed E-state index contributed by atoms with van der Waals surface area (Å²) in [7, 11) is 0. The zero-order valence-corrected chi connectivity index (χ0v) is 5.35. The van der Waals surface area contributed by atoms with Crippen LogP contribution in [-0.2, 0) is 4.79 Å². The van der Waals surface area contributed by atoms with E-state index in [9.17, 15) is 9.90 Å². The number of carbonyl (C=O) groups is 1. The third kappa shape index (κ3) is 1.35. The molecule has 0 aromatic carbocycles. The van der Waals surface area contributed by atoms with Crippen LogP contribution in [0.4, 0.5) is 0 Å². The van der Waals surface area contributed by atoms with E-state index >= 15 is 0 Å². The van der Waals surface area contributed by atoms with Crippen molar-refractivity contribution in [1.82, 2.24) is 0 Å². The van der Waals surface area contributed by atoms with E-state index in [1.807, 2.05) is 0 Å². The van der Waals surface area contributed by atoms with Gasteiger partial charge in [-0.3, -0.25) is 4.99 Å². The average molecular weight is 145 g/mol. The van der Waals surface area contributed by atoms with Crippen molar-refractivity contribution in [2.24, 2.45) is 10.7 Å². The predicted molar refractivity (Wildman–Crippen MR) is 32.9 cm³/mol. The molecule has 5 heteroatoms. The summed E-state index contributed by atoms with van der Waals surface area (Å²) in [5, 5.41) is 10.4. The maximum atomic E-state index is 10.1. The molecule has 0 saturated carbocycles. The van der Waals surface area contributed by atoms with E-state index in [2.05, 4.69) is 4.99 Å². The number of hydrogen-bond donors (Lipinski definition) is 1. The molecule has 0 aromatic rings. The normalized spacial score (nSPS) is 25.8. The number of hydrogen-bond acceptors (Lipinski definition) is 5. The van der Waals surface area contributed by atoms with Crippen LogP contribution in [0.2, 0.25) is 0 Å². The minimum Gasteiger partial charge on any atom is -0.548 e. The number of aliphatic carboxylic acids is 1. The van der Waals surface area contributed by atoms with Gasteiger partial charge in [-0.15, -0.1) is 0 Å². The molecule has 0 saturated heterocycles. The third-order valence-electron chi connectivity index (χ3n) is 0.944. The van der Waals surface area contributed by atoms with Crippen molar-refractivity contribution in [3.05, 3.63) is 0 Å². The molecule has 0 aliphatic carbocycles. The molecule has 1 aliphatic heterocycles. The van der Waals surface area contributed by atoms with Gasteiger partial charge in [-0.2, -0.15) is 0 Å². The Kier molecular flexibility index (Phi) is 1.61. The fourth-order valence-electron chi connectivity index (χ4n) is 0.513. The molecule has 9 heavy (non-hydrogen) atoms. The van der Waals surface area contributed by atoms with Gasteiger partial charge in [-0.25, -0.2) is 0 Å². The summed E-state index contributed by atoms with van der Waals surface area (Å²) < 4.78 is 0. The number of carbonyl (C=O) groups excluding carboxylic acids is 1. The first kappa shape index (κ1) is 6.41. The first-order chi connectivity index (χ1) is 4.20. The van der Waals surface area contributed by atoms with Crippen molar-refractivity contribution in [2.45, 2.75) is 6.04 Å². The molecule has 0 radical (unpaired) electrons. The second kappa shape index (κ2) is 2.26. The zero-order valence-electron chi connectivity index (χ0n) is 4.53. The monoisotopic (exact) mass is 145 g/mol. The number of rotatable bonds is 1. The van der Waals surface area contributed by atoms with Gasteiger partial charge < -0.3 is 15.6 Å². The van der Waals surface area contributed by atoms with Gasteiger partial charge in [0.2, 0.25) is 0 Å². The fourth-order valence-corrected chi connectivity index (χ4v) is 1.25. The van der Waals surface area contributed by atoms with Gasteiger partial charge in [0.1, 0.15) is 6.04 Å². The minimum absolute atomic E-state index is 0.337. The van der Waals surface area contributed by atoms with E-state index in [1.165, 1.54) is 11.8 Å². The molecule has 1 unspecified atom stereocenters. The van der Waals surface area contributed by atoms with Crippen molar-refractivity contribution in [3.8, 4) is 0 Å². The number of nitrogens with zero attached hydrogens (tertiary/aromatic N) is 1. The summed E-state index contributed by atoms with van der Waals surface area (Å²) in [6.45, 7) is 0. The number of aliphatic imine (C=N–C) groups is 1. The lowest BCUT2D eigenvalue weighted by molar-refractivity contribution is -0.306. The Balaban J connectivity index is 2.57. The molecule has 1 aliphatic rings. The summed E-state index contributed by atoms with van der Waals surface area (Å²) in [4.78, 5) is 13.6. The molecular formula is C4H5N2O2S-. The van der Waals surface area contributed by atoms with Gasteiger partial charge in [0.05, 0.1) is 5.97 Å². The van der Waals surface area contributed by atoms with Crippen molar-refractivity contribution in [3.63, 3.8) is 0 Å². The molecule has 0 aromatic heterocycles. The highest BCUT2D eigenvalue weighted by molar-refractivity contribution is 8.14. The number of carboxylic acid groups (broad SMARTS) is 1. The Labute approximate surface area is 56.1 Å². The van der Waals surface area contributed by atoms with E-state index in [0.29, 0.717) is 10.9 Å². The number of carboxylic acids is 1. The highest BCUT2D eigenvalue weighted by atomic mass is 32.2. The SMILES string of the molecule is NC1=NC(C(=O)[O-])CS1. The number of nitrogens with two attached hydrogens (primary N) is 1. The number of amidine groups is 1. The van der Waals surface area contributed by atoms with E-state index in [0.717, 1.165) is 0 Å². The summed E-state index contributed by atoms with van der Waals surface area (Å²) in [6, 6.07) is -0.727. The average Bonchev–Trinajstić information content (AvgIpc) is 2.14. The quantitative estimate of drug-likeness (QED) is 0.470. The summed E-state index contributed by atoms with van der Waals surface area (Å²) in [5.74, 6) is -0.739. The van der Waals surface area contributed by atoms with Crippen LogP contribution in [0.15, 0.2) is 4.99 Å². The molecule has 4 nitrogen and oxygen atoms in total. The highest BCUT2D eigenvalue weighted by Gasteiger charge is 2.15. The Morgan fingerprint density at radius 1 is 2.00 bits per heavy atom. The Hall–Kier alpha value is -0.710. The van der Waals surface area contributed by atoms with Gasteiger partial charge in [0.15, 0.2) is 5.17 Å². The highest BCUT2D eigenvalue weighted by Crippen LogP contribution is 2.13. The van der Waals surface area contributed by atoms with E-state index in [-0.39, 0.29) is 0 Å². The van der Waals surface area contributed by atoms with Gasteiger partial charge in [0.25, 0.3) is 0 Å². The second-order valence-corrected chi connectivity index (χ2v) is 2.65. The van der Waals surface area contributed by atoms with Crippen LogP contribution in [-0.4, -0.2) is 22.9 Å². The first-order valence-electron chi connectivity index (χ1n) is 2.37. The van der Waals surface area contributed by atoms with Gasteiger partial charge in [-0.1, -0.05) is 11.8 Å². The molecule has 1 atom stereocenters. The van der Waals surface area contributed by atoms with E-state index < -0.39 is 12.0 Å². The zero-order chi connectivity index (χ0) is 6.85. The fraction of sp³-hybridized carbons (Fsp3) is 0.500. The minimum atomic E-state index is -1.15. The van der Waals surface area contributed by atoms with Crippen LogP contribution >= 0.6 is 11.8 Å². The van der Waals surface area contributed by atoms with E-state index in [4.69, 9.17) is 5.73 Å². The Bertz CT molecular complexity index is 168. The molecule has 0 bridgehead atoms. The van der Waals surface area contributed by atoms with Crippen LogP contribution in [0.3, 0.4) is 0 Å². The Morgan fingerprint density at radius 3 is 2.89 bits per heavy atom. The molecule has 1 heterocycles. The summed E-state index contributed by atoms with van der Waals surface area (Å²) in [5.41, 5.74) is 5.18. The van der Waals surface area contributed by atoms with Crippen molar-refractivity contribution in [2.75, 3.05) is 5.75 Å². The topological polar surface area (TPSA) is 78.5 Å². The molecule has 0 amide bonds.